The van der Waals surface area contributed by atoms with Gasteiger partial charge in [-0.25, -0.2) is 0 Å². The van der Waals surface area contributed by atoms with E-state index >= 15 is 0 Å². The van der Waals surface area contributed by atoms with Gasteiger partial charge in [-0.1, -0.05) is 6.42 Å². The van der Waals surface area contributed by atoms with Crippen molar-refractivity contribution in [2.75, 3.05) is 13.2 Å². The van der Waals surface area contributed by atoms with Gasteiger partial charge in [0.05, 0.1) is 13.2 Å². The Labute approximate surface area is 89.2 Å². The first-order valence-electron chi connectivity index (χ1n) is 5.55. The van der Waals surface area contributed by atoms with Gasteiger partial charge in [-0.15, -0.1) is 0 Å². The van der Waals surface area contributed by atoms with Crippen LogP contribution in [0.4, 0.5) is 0 Å². The van der Waals surface area contributed by atoms with Crippen molar-refractivity contribution in [3.63, 3.8) is 0 Å². The molecule has 2 rings (SSSR count). The third-order valence-electron chi connectivity index (χ3n) is 3.97. The van der Waals surface area contributed by atoms with Crippen LogP contribution in [0.1, 0.15) is 32.6 Å². The Morgan fingerprint density at radius 3 is 2.93 bits per heavy atom. The van der Waals surface area contributed by atoms with Crippen molar-refractivity contribution in [1.29, 1.82) is 0 Å². The van der Waals surface area contributed by atoms with Crippen molar-refractivity contribution in [3.05, 3.63) is 0 Å². The fraction of sp³-hybridized carbons (Fsp3) is 0.909. The maximum atomic E-state index is 11.6. The van der Waals surface area contributed by atoms with E-state index in [4.69, 9.17) is 9.84 Å². The maximum Gasteiger partial charge on any atom is 0.168 e. The van der Waals surface area contributed by atoms with Gasteiger partial charge in [-0.05, 0) is 19.8 Å². The van der Waals surface area contributed by atoms with Gasteiger partial charge in [0.2, 0.25) is 0 Å². The molecule has 2 aliphatic rings. The van der Waals surface area contributed by atoms with Gasteiger partial charge in [0.25, 0.3) is 0 Å². The molecule has 0 aromatic heterocycles. The van der Waals surface area contributed by atoms with E-state index < -0.39 is 11.2 Å². The van der Waals surface area contributed by atoms with E-state index in [0.29, 0.717) is 12.8 Å². The number of ether oxygens (including phenoxy) is 1. The molecule has 0 radical (unpaired) electrons. The summed E-state index contributed by atoms with van der Waals surface area (Å²) in [6.07, 6.45) is 3.04. The summed E-state index contributed by atoms with van der Waals surface area (Å²) in [7, 11) is 0. The molecule has 0 amide bonds. The van der Waals surface area contributed by atoms with Crippen LogP contribution in [0.2, 0.25) is 0 Å². The molecule has 0 heterocycles. The molecule has 2 aliphatic carbocycles. The Morgan fingerprint density at radius 1 is 1.60 bits per heavy atom. The lowest BCUT2D eigenvalue weighted by molar-refractivity contribution is -0.241. The molecule has 0 aliphatic heterocycles. The summed E-state index contributed by atoms with van der Waals surface area (Å²) in [4.78, 5) is 11.6. The van der Waals surface area contributed by atoms with Crippen LogP contribution in [0.3, 0.4) is 0 Å². The molecular weight excluding hydrogens is 196 g/mol. The quantitative estimate of drug-likeness (QED) is 0.707. The fourth-order valence-electron chi connectivity index (χ4n) is 2.99. The van der Waals surface area contributed by atoms with Gasteiger partial charge in [0.15, 0.2) is 11.4 Å². The lowest BCUT2D eigenvalue weighted by Gasteiger charge is -2.57. The summed E-state index contributed by atoms with van der Waals surface area (Å²) < 4.78 is 5.51. The summed E-state index contributed by atoms with van der Waals surface area (Å²) in [5.41, 5.74) is -2.09. The topological polar surface area (TPSA) is 66.8 Å². The first-order chi connectivity index (χ1) is 7.04. The Balaban J connectivity index is 2.18. The third kappa shape index (κ3) is 1.35. The molecule has 3 atom stereocenters. The molecular formula is C11H18O4. The Kier molecular flexibility index (Phi) is 2.61. The van der Waals surface area contributed by atoms with Crippen molar-refractivity contribution in [3.8, 4) is 0 Å². The second kappa shape index (κ2) is 3.54. The molecule has 2 fully saturated rings. The average Bonchev–Trinajstić information content (AvgIpc) is 2.22. The van der Waals surface area contributed by atoms with Crippen LogP contribution in [-0.4, -0.2) is 40.4 Å². The fourth-order valence-corrected chi connectivity index (χ4v) is 2.99. The number of Topliss-reactive ketones (excluding diaryl/α,β-unsaturated/α-hetero) is 1. The zero-order valence-corrected chi connectivity index (χ0v) is 9.03. The standard InChI is InChI=1S/C11H18O4/c1-10(15-6-5-12)4-2-3-8-7-9(13)11(8,10)14/h8,12,14H,2-7H2,1H3. The van der Waals surface area contributed by atoms with E-state index in [0.717, 1.165) is 12.8 Å². The molecule has 4 heteroatoms. The Hall–Kier alpha value is -0.450. The monoisotopic (exact) mass is 214 g/mol. The zero-order valence-electron chi connectivity index (χ0n) is 9.03. The number of carbonyl (C=O) groups is 1. The molecule has 86 valence electrons. The van der Waals surface area contributed by atoms with Crippen molar-refractivity contribution in [1.82, 2.24) is 0 Å². The molecule has 0 spiro atoms. The minimum Gasteiger partial charge on any atom is -0.394 e. The summed E-state index contributed by atoms with van der Waals surface area (Å²) in [6, 6.07) is 0. The minimum absolute atomic E-state index is 0.0578. The van der Waals surface area contributed by atoms with E-state index in [2.05, 4.69) is 0 Å². The molecule has 0 aromatic carbocycles. The highest BCUT2D eigenvalue weighted by Crippen LogP contribution is 2.52. The summed E-state index contributed by atoms with van der Waals surface area (Å²) >= 11 is 0. The van der Waals surface area contributed by atoms with Crippen molar-refractivity contribution in [2.24, 2.45) is 5.92 Å². The van der Waals surface area contributed by atoms with Gasteiger partial charge in [0.1, 0.15) is 5.60 Å². The molecule has 3 unspecified atom stereocenters. The highest BCUT2D eigenvalue weighted by Gasteiger charge is 2.65. The van der Waals surface area contributed by atoms with Crippen LogP contribution in [0.25, 0.3) is 0 Å². The Morgan fingerprint density at radius 2 is 2.33 bits per heavy atom. The number of ketones is 1. The van der Waals surface area contributed by atoms with E-state index in [1.165, 1.54) is 0 Å². The smallest absolute Gasteiger partial charge is 0.168 e. The first-order valence-corrected chi connectivity index (χ1v) is 5.55. The van der Waals surface area contributed by atoms with E-state index in [1.54, 1.807) is 6.92 Å². The lowest BCUT2D eigenvalue weighted by atomic mass is 9.54. The largest absolute Gasteiger partial charge is 0.394 e. The second-order valence-corrected chi connectivity index (χ2v) is 4.79. The molecule has 0 aromatic rings. The number of fused-ring (bicyclic) bond motifs is 1. The highest BCUT2D eigenvalue weighted by atomic mass is 16.5. The van der Waals surface area contributed by atoms with Crippen LogP contribution in [-0.2, 0) is 9.53 Å². The summed E-state index contributed by atoms with van der Waals surface area (Å²) in [6.45, 7) is 1.88. The number of rotatable bonds is 3. The number of hydrogen-bond donors (Lipinski definition) is 2. The molecule has 2 N–H and O–H groups in total. The number of aliphatic hydroxyl groups is 2. The van der Waals surface area contributed by atoms with Crippen LogP contribution in [0, 0.1) is 5.92 Å². The average molecular weight is 214 g/mol. The Bertz CT molecular complexity index is 278. The highest BCUT2D eigenvalue weighted by molar-refractivity contribution is 5.95. The predicted octanol–water partition coefficient (Wildman–Crippen LogP) is 0.258. The summed E-state index contributed by atoms with van der Waals surface area (Å²) in [5.74, 6) is -0.0462. The lowest BCUT2D eigenvalue weighted by Crippen LogP contribution is -2.71. The van der Waals surface area contributed by atoms with Crippen LogP contribution in [0.15, 0.2) is 0 Å². The van der Waals surface area contributed by atoms with Crippen molar-refractivity contribution in [2.45, 2.75) is 43.8 Å². The summed E-state index contributed by atoms with van der Waals surface area (Å²) in [5, 5.41) is 19.1. The number of hydrogen-bond acceptors (Lipinski definition) is 4. The van der Waals surface area contributed by atoms with Crippen molar-refractivity contribution >= 4 is 5.78 Å². The van der Waals surface area contributed by atoms with Gasteiger partial charge in [-0.2, -0.15) is 0 Å². The SMILES string of the molecule is CC1(OCCO)CCCC2CC(=O)C21O. The molecule has 0 saturated heterocycles. The third-order valence-corrected chi connectivity index (χ3v) is 3.97. The predicted molar refractivity (Wildman–Crippen MR) is 53.4 cm³/mol. The minimum atomic E-state index is -1.29. The van der Waals surface area contributed by atoms with Crippen LogP contribution in [0.5, 0.6) is 0 Å². The molecule has 2 saturated carbocycles. The molecule has 15 heavy (non-hydrogen) atoms. The normalized spacial score (nSPS) is 44.7. The van der Waals surface area contributed by atoms with Crippen molar-refractivity contribution < 1.29 is 19.7 Å². The zero-order chi connectivity index (χ0) is 11.1. The van der Waals surface area contributed by atoms with E-state index in [-0.39, 0.29) is 24.9 Å². The van der Waals surface area contributed by atoms with E-state index in [1.807, 2.05) is 0 Å². The number of aliphatic hydroxyl groups excluding tert-OH is 1. The van der Waals surface area contributed by atoms with E-state index in [9.17, 15) is 9.90 Å². The second-order valence-electron chi connectivity index (χ2n) is 4.79. The van der Waals surface area contributed by atoms with Crippen LogP contribution >= 0.6 is 0 Å². The number of carbonyl (C=O) groups excluding carboxylic acids is 1. The van der Waals surface area contributed by atoms with Gasteiger partial charge in [0, 0.05) is 12.3 Å². The van der Waals surface area contributed by atoms with Crippen LogP contribution < -0.4 is 0 Å². The molecule has 4 nitrogen and oxygen atoms in total. The molecule has 0 bridgehead atoms. The van der Waals surface area contributed by atoms with Gasteiger partial charge in [-0.3, -0.25) is 4.79 Å². The van der Waals surface area contributed by atoms with Gasteiger partial charge >= 0.3 is 0 Å². The maximum absolute atomic E-state index is 11.6. The first kappa shape index (κ1) is 11.0. The van der Waals surface area contributed by atoms with Gasteiger partial charge < -0.3 is 14.9 Å².